The molecule has 4 rings (SSSR count). The second-order valence-electron chi connectivity index (χ2n) is 7.90. The zero-order valence-electron chi connectivity index (χ0n) is 15.5. The van der Waals surface area contributed by atoms with Crippen molar-refractivity contribution in [3.8, 4) is 0 Å². The first-order valence-electron chi connectivity index (χ1n) is 9.55. The minimum absolute atomic E-state index is 0.0279. The fourth-order valence-electron chi connectivity index (χ4n) is 4.62. The normalized spacial score (nSPS) is 44.8. The van der Waals surface area contributed by atoms with E-state index in [0.717, 1.165) is 6.42 Å². The van der Waals surface area contributed by atoms with Crippen LogP contribution in [0.15, 0.2) is 0 Å². The van der Waals surface area contributed by atoms with E-state index >= 15 is 0 Å². The molecule has 8 heteroatoms. The number of aliphatic hydroxyl groups is 1. The van der Waals surface area contributed by atoms with Crippen molar-refractivity contribution in [2.24, 2.45) is 0 Å². The number of hydrogen-bond acceptors (Lipinski definition) is 7. The largest absolute Gasteiger partial charge is 0.443 e. The molecule has 26 heavy (non-hydrogen) atoms. The van der Waals surface area contributed by atoms with Crippen LogP contribution < -0.4 is 0 Å². The van der Waals surface area contributed by atoms with E-state index in [1.54, 1.807) is 12.0 Å². The molecule has 3 saturated heterocycles. The summed E-state index contributed by atoms with van der Waals surface area (Å²) in [5, 5.41) is 9.12. The fourth-order valence-corrected chi connectivity index (χ4v) is 4.62. The molecule has 0 radical (unpaired) electrons. The molecule has 1 spiro atoms. The molecule has 8 nitrogen and oxygen atoms in total. The highest BCUT2D eigenvalue weighted by atomic mass is 16.7. The molecule has 4 aliphatic rings. The highest BCUT2D eigenvalue weighted by molar-refractivity contribution is 5.68. The lowest BCUT2D eigenvalue weighted by Gasteiger charge is -2.36. The maximum absolute atomic E-state index is 12.4. The van der Waals surface area contributed by atoms with Crippen molar-refractivity contribution in [3.05, 3.63) is 0 Å². The van der Waals surface area contributed by atoms with Crippen LogP contribution in [-0.2, 0) is 23.7 Å². The molecule has 0 aromatic carbocycles. The quantitative estimate of drug-likeness (QED) is 0.711. The third kappa shape index (κ3) is 3.22. The van der Waals surface area contributed by atoms with E-state index in [9.17, 15) is 4.79 Å². The summed E-state index contributed by atoms with van der Waals surface area (Å²) in [6, 6.07) is 0. The summed E-state index contributed by atoms with van der Waals surface area (Å²) in [5.74, 6) is 0. The number of amides is 1. The summed E-state index contributed by atoms with van der Waals surface area (Å²) >= 11 is 0. The summed E-state index contributed by atoms with van der Waals surface area (Å²) in [6.07, 6.45) is 2.24. The Kier molecular flexibility index (Phi) is 4.90. The number of carbonyl (C=O) groups is 1. The molecular formula is C18H29NO7. The van der Waals surface area contributed by atoms with Gasteiger partial charge in [-0.2, -0.15) is 0 Å². The first-order valence-corrected chi connectivity index (χ1v) is 9.55. The fraction of sp³-hybridized carbons (Fsp3) is 0.944. The number of ether oxygens (including phenoxy) is 5. The van der Waals surface area contributed by atoms with E-state index in [1.807, 2.05) is 0 Å². The molecule has 6 unspecified atom stereocenters. The third-order valence-corrected chi connectivity index (χ3v) is 6.30. The van der Waals surface area contributed by atoms with Crippen molar-refractivity contribution < 1.29 is 33.6 Å². The van der Waals surface area contributed by atoms with Crippen LogP contribution in [0.4, 0.5) is 4.79 Å². The van der Waals surface area contributed by atoms with Gasteiger partial charge in [0.1, 0.15) is 23.4 Å². The van der Waals surface area contributed by atoms with E-state index < -0.39 is 0 Å². The Balaban J connectivity index is 1.33. The van der Waals surface area contributed by atoms with Crippen molar-refractivity contribution in [2.75, 3.05) is 40.0 Å². The zero-order chi connectivity index (χ0) is 18.4. The first kappa shape index (κ1) is 18.4. The van der Waals surface area contributed by atoms with Gasteiger partial charge in [-0.25, -0.2) is 4.79 Å². The van der Waals surface area contributed by atoms with Crippen LogP contribution in [0.1, 0.15) is 32.6 Å². The lowest BCUT2D eigenvalue weighted by Crippen LogP contribution is -2.48. The van der Waals surface area contributed by atoms with Gasteiger partial charge in [-0.15, -0.1) is 0 Å². The number of aliphatic hydroxyl groups excluding tert-OH is 1. The van der Waals surface area contributed by atoms with Crippen LogP contribution in [0, 0.1) is 0 Å². The number of methoxy groups -OCH3 is 1. The van der Waals surface area contributed by atoms with Crippen LogP contribution in [0.25, 0.3) is 0 Å². The monoisotopic (exact) mass is 371 g/mol. The Morgan fingerprint density at radius 3 is 2.73 bits per heavy atom. The van der Waals surface area contributed by atoms with E-state index in [-0.39, 0.29) is 48.3 Å². The van der Waals surface area contributed by atoms with Gasteiger partial charge in [-0.1, -0.05) is 0 Å². The van der Waals surface area contributed by atoms with Crippen LogP contribution in [-0.4, -0.2) is 91.7 Å². The molecule has 148 valence electrons. The van der Waals surface area contributed by atoms with E-state index in [4.69, 9.17) is 28.8 Å². The van der Waals surface area contributed by atoms with Gasteiger partial charge in [0, 0.05) is 33.2 Å². The average Bonchev–Trinajstić information content (AvgIpc) is 3.54. The highest BCUT2D eigenvalue weighted by Gasteiger charge is 2.74. The van der Waals surface area contributed by atoms with Crippen LogP contribution in [0.3, 0.4) is 0 Å². The number of rotatable bonds is 5. The molecule has 0 aromatic rings. The second-order valence-corrected chi connectivity index (χ2v) is 7.90. The van der Waals surface area contributed by atoms with Gasteiger partial charge in [0.2, 0.25) is 0 Å². The van der Waals surface area contributed by atoms with E-state index in [1.165, 1.54) is 0 Å². The second kappa shape index (κ2) is 6.91. The third-order valence-electron chi connectivity index (χ3n) is 6.30. The molecule has 0 bridgehead atoms. The number of carbonyl (C=O) groups excluding carboxylic acids is 1. The molecule has 3 aliphatic heterocycles. The Labute approximate surface area is 153 Å². The van der Waals surface area contributed by atoms with Crippen molar-refractivity contribution in [2.45, 2.75) is 68.2 Å². The Hall–Kier alpha value is -0.930. The molecule has 4 fully saturated rings. The SMILES string of the molecule is COC1CC2(CCC1OC(=O)N1CCOCC1)OC2C1(C)OC1CCO. The van der Waals surface area contributed by atoms with Gasteiger partial charge < -0.3 is 33.7 Å². The minimum Gasteiger partial charge on any atom is -0.443 e. The Morgan fingerprint density at radius 2 is 2.04 bits per heavy atom. The van der Waals surface area contributed by atoms with Gasteiger partial charge in [-0.05, 0) is 26.2 Å². The van der Waals surface area contributed by atoms with Crippen LogP contribution >= 0.6 is 0 Å². The molecule has 1 amide bonds. The van der Waals surface area contributed by atoms with Crippen LogP contribution in [0.2, 0.25) is 0 Å². The molecule has 1 aliphatic carbocycles. The summed E-state index contributed by atoms with van der Waals surface area (Å²) in [7, 11) is 1.65. The number of nitrogens with zero attached hydrogens (tertiary/aromatic N) is 1. The number of morpholine rings is 1. The van der Waals surface area contributed by atoms with Gasteiger partial charge in [0.15, 0.2) is 0 Å². The minimum atomic E-state index is -0.307. The van der Waals surface area contributed by atoms with Crippen molar-refractivity contribution in [3.63, 3.8) is 0 Å². The van der Waals surface area contributed by atoms with Gasteiger partial charge >= 0.3 is 6.09 Å². The first-order chi connectivity index (χ1) is 12.5. The Morgan fingerprint density at radius 1 is 1.27 bits per heavy atom. The predicted molar refractivity (Wildman–Crippen MR) is 89.9 cm³/mol. The van der Waals surface area contributed by atoms with Crippen LogP contribution in [0.5, 0.6) is 0 Å². The average molecular weight is 371 g/mol. The molecule has 6 atom stereocenters. The standard InChI is InChI=1S/C18H29NO7/c1-17(14(25-17)4-8-20)15-18(26-15)5-3-12(13(11-18)22-2)24-16(21)19-6-9-23-10-7-19/h12-15,20H,3-11H2,1-2H3. The van der Waals surface area contributed by atoms with Crippen molar-refractivity contribution >= 4 is 6.09 Å². The molecule has 1 saturated carbocycles. The number of epoxide rings is 2. The van der Waals surface area contributed by atoms with E-state index in [2.05, 4.69) is 6.92 Å². The molecular weight excluding hydrogens is 342 g/mol. The zero-order valence-corrected chi connectivity index (χ0v) is 15.5. The smallest absolute Gasteiger partial charge is 0.410 e. The summed E-state index contributed by atoms with van der Waals surface area (Å²) in [6.45, 7) is 4.43. The summed E-state index contributed by atoms with van der Waals surface area (Å²) in [4.78, 5) is 14.1. The van der Waals surface area contributed by atoms with Gasteiger partial charge in [-0.3, -0.25) is 0 Å². The summed E-state index contributed by atoms with van der Waals surface area (Å²) < 4.78 is 28.6. The maximum Gasteiger partial charge on any atom is 0.410 e. The Bertz CT molecular complexity index is 540. The molecule has 3 heterocycles. The van der Waals surface area contributed by atoms with Crippen molar-refractivity contribution in [1.82, 2.24) is 4.90 Å². The van der Waals surface area contributed by atoms with Crippen molar-refractivity contribution in [1.29, 1.82) is 0 Å². The van der Waals surface area contributed by atoms with Gasteiger partial charge in [0.25, 0.3) is 0 Å². The summed E-state index contributed by atoms with van der Waals surface area (Å²) in [5.41, 5.74) is -0.556. The number of hydrogen-bond donors (Lipinski definition) is 1. The van der Waals surface area contributed by atoms with Gasteiger partial charge in [0.05, 0.1) is 25.4 Å². The lowest BCUT2D eigenvalue weighted by atomic mass is 9.79. The predicted octanol–water partition coefficient (Wildman–Crippen LogP) is 0.700. The molecule has 1 N–H and O–H groups in total. The topological polar surface area (TPSA) is 93.3 Å². The lowest BCUT2D eigenvalue weighted by molar-refractivity contribution is -0.0742. The highest BCUT2D eigenvalue weighted by Crippen LogP contribution is 2.60. The maximum atomic E-state index is 12.4. The molecule has 0 aromatic heterocycles. The van der Waals surface area contributed by atoms with E-state index in [0.29, 0.717) is 45.6 Å².